The summed E-state index contributed by atoms with van der Waals surface area (Å²) in [6.45, 7) is 1.60. The van der Waals surface area contributed by atoms with Gasteiger partial charge in [0.05, 0.1) is 0 Å². The Labute approximate surface area is 163 Å². The van der Waals surface area contributed by atoms with E-state index in [0.717, 1.165) is 43.7 Å². The minimum Gasteiger partial charge on any atom is -0.368 e. The van der Waals surface area contributed by atoms with Gasteiger partial charge in [-0.25, -0.2) is 4.98 Å². The van der Waals surface area contributed by atoms with Crippen molar-refractivity contribution < 1.29 is 9.59 Å². The van der Waals surface area contributed by atoms with E-state index in [4.69, 9.17) is 5.73 Å². The fourth-order valence-electron chi connectivity index (χ4n) is 4.11. The van der Waals surface area contributed by atoms with Crippen LogP contribution in [0.25, 0.3) is 10.9 Å². The molecule has 0 atom stereocenters. The molecule has 1 aliphatic rings. The molecule has 1 fully saturated rings. The molecular weight excluding hydrogens is 354 g/mol. The Morgan fingerprint density at radius 1 is 1.21 bits per heavy atom. The number of nitrogens with two attached hydrogens (primary N) is 1. The average molecular weight is 379 g/mol. The van der Waals surface area contributed by atoms with Crippen LogP contribution in [0.15, 0.2) is 42.9 Å². The lowest BCUT2D eigenvalue weighted by atomic mass is 9.95. The fraction of sp³-hybridized carbons (Fsp3) is 0.381. The first-order valence-corrected chi connectivity index (χ1v) is 9.74. The van der Waals surface area contributed by atoms with Crippen LogP contribution in [0.1, 0.15) is 36.6 Å². The maximum absolute atomic E-state index is 12.7. The maximum atomic E-state index is 12.7. The molecule has 0 aliphatic carbocycles. The van der Waals surface area contributed by atoms with Gasteiger partial charge in [0, 0.05) is 54.9 Å². The zero-order valence-corrected chi connectivity index (χ0v) is 15.8. The van der Waals surface area contributed by atoms with Gasteiger partial charge in [0.2, 0.25) is 11.8 Å². The van der Waals surface area contributed by atoms with Gasteiger partial charge >= 0.3 is 0 Å². The molecule has 1 aromatic carbocycles. The van der Waals surface area contributed by atoms with Crippen molar-refractivity contribution in [3.8, 4) is 0 Å². The molecule has 28 heavy (non-hydrogen) atoms. The number of nitrogens with one attached hydrogen (secondary N) is 1. The largest absolute Gasteiger partial charge is 0.368 e. The van der Waals surface area contributed by atoms with Crippen LogP contribution >= 0.6 is 0 Å². The van der Waals surface area contributed by atoms with Crippen molar-refractivity contribution >= 4 is 22.7 Å². The lowest BCUT2D eigenvalue weighted by molar-refractivity contribution is -0.132. The maximum Gasteiger partial charge on any atom is 0.237 e. The highest BCUT2D eigenvalue weighted by atomic mass is 16.2. The first kappa shape index (κ1) is 18.3. The summed E-state index contributed by atoms with van der Waals surface area (Å²) in [5.41, 5.74) is 7.61. The third-order valence-corrected chi connectivity index (χ3v) is 5.57. The number of para-hydroxylation sites is 1. The fourth-order valence-corrected chi connectivity index (χ4v) is 4.11. The normalized spacial score (nSPS) is 15.2. The van der Waals surface area contributed by atoms with Crippen molar-refractivity contribution in [2.24, 2.45) is 5.73 Å². The second kappa shape index (κ2) is 7.88. The summed E-state index contributed by atoms with van der Waals surface area (Å²) in [6.07, 6.45) is 8.47. The van der Waals surface area contributed by atoms with Crippen molar-refractivity contribution in [2.75, 3.05) is 13.1 Å². The molecule has 3 aromatic rings. The second-order valence-corrected chi connectivity index (χ2v) is 7.39. The molecule has 2 amide bonds. The SMILES string of the molecule is NC(=O)Cn1ccnc1C1CCN(C(=O)CCc2c[nH]c3ccccc23)CC1. The summed E-state index contributed by atoms with van der Waals surface area (Å²) in [7, 11) is 0. The molecular formula is C21H25N5O2. The molecule has 0 spiro atoms. The number of hydrogen-bond donors (Lipinski definition) is 2. The number of rotatable bonds is 6. The highest BCUT2D eigenvalue weighted by molar-refractivity contribution is 5.84. The van der Waals surface area contributed by atoms with Crippen LogP contribution in [0, 0.1) is 0 Å². The van der Waals surface area contributed by atoms with E-state index in [9.17, 15) is 9.59 Å². The predicted octanol–water partition coefficient (Wildman–Crippen LogP) is 2.19. The Balaban J connectivity index is 1.32. The molecule has 0 saturated carbocycles. The van der Waals surface area contributed by atoms with Crippen LogP contribution in [0.4, 0.5) is 0 Å². The summed E-state index contributed by atoms with van der Waals surface area (Å²) in [5, 5.41) is 1.19. The van der Waals surface area contributed by atoms with Crippen LogP contribution in [0.3, 0.4) is 0 Å². The number of carbonyl (C=O) groups is 2. The summed E-state index contributed by atoms with van der Waals surface area (Å²) >= 11 is 0. The number of likely N-dealkylation sites (tertiary alicyclic amines) is 1. The Morgan fingerprint density at radius 2 is 2.00 bits per heavy atom. The van der Waals surface area contributed by atoms with Gasteiger partial charge in [-0.15, -0.1) is 0 Å². The van der Waals surface area contributed by atoms with Crippen molar-refractivity contribution in [1.82, 2.24) is 19.4 Å². The molecule has 3 heterocycles. The lowest BCUT2D eigenvalue weighted by Gasteiger charge is -2.32. The van der Waals surface area contributed by atoms with E-state index in [1.54, 1.807) is 12.4 Å². The predicted molar refractivity (Wildman–Crippen MR) is 107 cm³/mol. The van der Waals surface area contributed by atoms with E-state index in [1.165, 1.54) is 10.9 Å². The molecule has 0 bridgehead atoms. The number of primary amides is 1. The zero-order chi connectivity index (χ0) is 19.5. The third kappa shape index (κ3) is 3.78. The van der Waals surface area contributed by atoms with Gasteiger partial charge in [0.15, 0.2) is 0 Å². The molecule has 2 aromatic heterocycles. The summed E-state index contributed by atoms with van der Waals surface area (Å²) < 4.78 is 1.82. The molecule has 7 heteroatoms. The van der Waals surface area contributed by atoms with E-state index in [-0.39, 0.29) is 24.3 Å². The Bertz CT molecular complexity index is 982. The molecule has 3 N–H and O–H groups in total. The van der Waals surface area contributed by atoms with E-state index < -0.39 is 0 Å². The number of piperidine rings is 1. The van der Waals surface area contributed by atoms with Crippen molar-refractivity contribution in [1.29, 1.82) is 0 Å². The van der Waals surface area contributed by atoms with Gasteiger partial charge in [-0.05, 0) is 30.9 Å². The van der Waals surface area contributed by atoms with Gasteiger partial charge < -0.3 is 20.2 Å². The Hall–Kier alpha value is -3.09. The number of hydrogen-bond acceptors (Lipinski definition) is 3. The van der Waals surface area contributed by atoms with Crippen LogP contribution in [0.2, 0.25) is 0 Å². The molecule has 0 unspecified atom stereocenters. The minimum absolute atomic E-state index is 0.152. The summed E-state index contributed by atoms with van der Waals surface area (Å²) in [6, 6.07) is 8.17. The average Bonchev–Trinajstić information content (AvgIpc) is 3.33. The number of carbonyl (C=O) groups excluding carboxylic acids is 2. The van der Waals surface area contributed by atoms with Crippen molar-refractivity contribution in [3.63, 3.8) is 0 Å². The first-order chi connectivity index (χ1) is 13.6. The molecule has 4 rings (SSSR count). The smallest absolute Gasteiger partial charge is 0.237 e. The molecule has 7 nitrogen and oxygen atoms in total. The molecule has 1 saturated heterocycles. The zero-order valence-electron chi connectivity index (χ0n) is 15.8. The van der Waals surface area contributed by atoms with Crippen molar-refractivity contribution in [2.45, 2.75) is 38.1 Å². The lowest BCUT2D eigenvalue weighted by Crippen LogP contribution is -2.38. The van der Waals surface area contributed by atoms with E-state index in [0.29, 0.717) is 6.42 Å². The van der Waals surface area contributed by atoms with Crippen LogP contribution in [-0.4, -0.2) is 44.3 Å². The highest BCUT2D eigenvalue weighted by Crippen LogP contribution is 2.27. The summed E-state index contributed by atoms with van der Waals surface area (Å²) in [4.78, 5) is 33.5. The molecule has 1 aliphatic heterocycles. The number of nitrogens with zero attached hydrogens (tertiary/aromatic N) is 3. The number of amides is 2. The number of benzene rings is 1. The van der Waals surface area contributed by atoms with Gasteiger partial charge in [0.1, 0.15) is 12.4 Å². The van der Waals surface area contributed by atoms with Crippen LogP contribution < -0.4 is 5.73 Å². The quantitative estimate of drug-likeness (QED) is 0.687. The third-order valence-electron chi connectivity index (χ3n) is 5.57. The standard InChI is InChI=1S/C21H25N5O2/c22-19(27)14-26-12-9-23-21(26)15-7-10-25(11-8-15)20(28)6-5-16-13-24-18-4-2-1-3-17(16)18/h1-4,9,12-13,15,24H,5-8,10-11,14H2,(H2,22,27). The van der Waals surface area contributed by atoms with Gasteiger partial charge in [-0.1, -0.05) is 18.2 Å². The number of aromatic nitrogens is 3. The van der Waals surface area contributed by atoms with Crippen molar-refractivity contribution in [3.05, 3.63) is 54.2 Å². The van der Waals surface area contributed by atoms with Gasteiger partial charge in [-0.3, -0.25) is 9.59 Å². The second-order valence-electron chi connectivity index (χ2n) is 7.39. The molecule has 146 valence electrons. The monoisotopic (exact) mass is 379 g/mol. The topological polar surface area (TPSA) is 97.0 Å². The number of fused-ring (bicyclic) bond motifs is 1. The number of aromatic amines is 1. The Kier molecular flexibility index (Phi) is 5.14. The van der Waals surface area contributed by atoms with E-state index in [1.807, 2.05) is 33.9 Å². The number of imidazole rings is 1. The molecule has 0 radical (unpaired) electrons. The van der Waals surface area contributed by atoms with E-state index >= 15 is 0 Å². The summed E-state index contributed by atoms with van der Waals surface area (Å²) in [5.74, 6) is 0.977. The van der Waals surface area contributed by atoms with Gasteiger partial charge in [0.25, 0.3) is 0 Å². The number of aryl methyl sites for hydroxylation is 1. The Morgan fingerprint density at radius 3 is 2.79 bits per heavy atom. The first-order valence-electron chi connectivity index (χ1n) is 9.74. The van der Waals surface area contributed by atoms with Crippen LogP contribution in [0.5, 0.6) is 0 Å². The number of H-pyrrole nitrogens is 1. The van der Waals surface area contributed by atoms with E-state index in [2.05, 4.69) is 16.0 Å². The highest BCUT2D eigenvalue weighted by Gasteiger charge is 2.26. The van der Waals surface area contributed by atoms with Gasteiger partial charge in [-0.2, -0.15) is 0 Å². The van der Waals surface area contributed by atoms with Crippen LogP contribution in [-0.2, 0) is 22.6 Å². The minimum atomic E-state index is -0.371.